The Labute approximate surface area is 246 Å². The minimum absolute atomic E-state index is 0.661. The second-order valence-electron chi connectivity index (χ2n) is 13.1. The maximum atomic E-state index is 5.47. The van der Waals surface area contributed by atoms with E-state index in [1.54, 1.807) is 0 Å². The Hall–Kier alpha value is -0.280. The van der Waals surface area contributed by atoms with Crippen molar-refractivity contribution in [3.63, 3.8) is 0 Å². The molecule has 0 saturated carbocycles. The topological polar surface area (TPSA) is 182 Å². The van der Waals surface area contributed by atoms with Gasteiger partial charge in [-0.25, -0.2) is 0 Å². The Kier molecular flexibility index (Phi) is 39.8. The van der Waals surface area contributed by atoms with Crippen molar-refractivity contribution in [2.24, 2.45) is 87.5 Å². The minimum Gasteiger partial charge on any atom is -0.330 e. The maximum Gasteiger partial charge on any atom is -0.00515 e. The van der Waals surface area contributed by atoms with Gasteiger partial charge in [-0.2, -0.15) is 0 Å². The molecule has 0 aliphatic heterocycles. The zero-order chi connectivity index (χ0) is 31.2. The Morgan fingerprint density at radius 1 is 0.256 bits per heavy atom. The second-order valence-corrected chi connectivity index (χ2v) is 13.1. The molecule has 0 rings (SSSR count). The fourth-order valence-corrected chi connectivity index (χ4v) is 3.15. The summed E-state index contributed by atoms with van der Waals surface area (Å²) in [5, 5.41) is 0. The molecule has 0 aromatic heterocycles. The van der Waals surface area contributed by atoms with E-state index in [0.29, 0.717) is 41.4 Å². The highest BCUT2D eigenvalue weighted by atomic mass is 14.6. The molecule has 7 unspecified atom stereocenters. The van der Waals surface area contributed by atoms with Crippen LogP contribution in [0.2, 0.25) is 0 Å². The Balaban J connectivity index is -0.000000210. The average Bonchev–Trinajstić information content (AvgIpc) is 2.95. The van der Waals surface area contributed by atoms with Crippen molar-refractivity contribution in [3.05, 3.63) is 0 Å². The quantitative estimate of drug-likeness (QED) is 0.117. The number of nitrogens with two attached hydrogens (primary N) is 7. The smallest absolute Gasteiger partial charge is 0.00515 e. The lowest BCUT2D eigenvalue weighted by atomic mass is 9.98. The maximum absolute atomic E-state index is 5.47. The van der Waals surface area contributed by atoms with E-state index in [2.05, 4.69) is 62.3 Å². The van der Waals surface area contributed by atoms with Gasteiger partial charge in [0, 0.05) is 0 Å². The largest absolute Gasteiger partial charge is 0.330 e. The van der Waals surface area contributed by atoms with Crippen LogP contribution in [0.1, 0.15) is 114 Å². The van der Waals surface area contributed by atoms with Crippen molar-refractivity contribution >= 4 is 0 Å². The van der Waals surface area contributed by atoms with Crippen molar-refractivity contribution in [1.29, 1.82) is 0 Å². The van der Waals surface area contributed by atoms with Gasteiger partial charge in [0.1, 0.15) is 0 Å². The molecule has 0 amide bonds. The molecule has 0 saturated heterocycles. The first kappa shape index (κ1) is 45.7. The average molecular weight is 562 g/mol. The molecule has 0 aliphatic rings. The number of hydrogen-bond acceptors (Lipinski definition) is 7. The third-order valence-corrected chi connectivity index (χ3v) is 7.51. The summed E-state index contributed by atoms with van der Waals surface area (Å²) < 4.78 is 0. The van der Waals surface area contributed by atoms with Crippen molar-refractivity contribution in [1.82, 2.24) is 0 Å². The predicted octanol–water partition coefficient (Wildman–Crippen LogP) is 4.89. The third-order valence-electron chi connectivity index (χ3n) is 7.51. The van der Waals surface area contributed by atoms with Crippen molar-refractivity contribution < 1.29 is 0 Å². The second kappa shape index (κ2) is 33.9. The van der Waals surface area contributed by atoms with E-state index in [1.807, 2.05) is 0 Å². The van der Waals surface area contributed by atoms with E-state index in [4.69, 9.17) is 40.1 Å². The molecular weight excluding hydrogens is 482 g/mol. The summed E-state index contributed by atoms with van der Waals surface area (Å²) in [7, 11) is 0. The summed E-state index contributed by atoms with van der Waals surface area (Å²) in [6, 6.07) is 0. The van der Waals surface area contributed by atoms with Gasteiger partial charge in [0.05, 0.1) is 0 Å². The van der Waals surface area contributed by atoms with E-state index < -0.39 is 0 Å². The first-order valence-corrected chi connectivity index (χ1v) is 16.2. The van der Waals surface area contributed by atoms with Gasteiger partial charge in [0.25, 0.3) is 0 Å². The van der Waals surface area contributed by atoms with E-state index in [1.165, 1.54) is 51.4 Å². The molecule has 0 heterocycles. The van der Waals surface area contributed by atoms with Crippen LogP contribution in [0.15, 0.2) is 0 Å². The molecule has 39 heavy (non-hydrogen) atoms. The molecule has 7 nitrogen and oxygen atoms in total. The highest BCUT2D eigenvalue weighted by Crippen LogP contribution is 2.11. The van der Waals surface area contributed by atoms with Gasteiger partial charge in [-0.1, -0.05) is 68.7 Å². The summed E-state index contributed by atoms with van der Waals surface area (Å²) in [6.07, 6.45) is 9.91. The van der Waals surface area contributed by atoms with E-state index in [0.717, 1.165) is 51.7 Å². The highest BCUT2D eigenvalue weighted by molar-refractivity contribution is 4.60. The Bertz CT molecular complexity index is 359. The molecule has 0 aromatic rings. The number of rotatable bonds is 19. The van der Waals surface area contributed by atoms with Gasteiger partial charge >= 0.3 is 0 Å². The van der Waals surface area contributed by atoms with E-state index >= 15 is 0 Å². The fraction of sp³-hybridized carbons (Fsp3) is 1.00. The normalized spacial score (nSPS) is 16.2. The Morgan fingerprint density at radius 2 is 0.385 bits per heavy atom. The van der Waals surface area contributed by atoms with E-state index in [9.17, 15) is 0 Å². The lowest BCUT2D eigenvalue weighted by Crippen LogP contribution is -2.15. The lowest BCUT2D eigenvalue weighted by Gasteiger charge is -2.11. The molecule has 7 atom stereocenters. The van der Waals surface area contributed by atoms with Gasteiger partial charge in [-0.3, -0.25) is 0 Å². The van der Waals surface area contributed by atoms with Crippen LogP contribution in [0, 0.1) is 47.3 Å². The third kappa shape index (κ3) is 42.3. The Morgan fingerprint density at radius 3 is 0.487 bits per heavy atom. The molecule has 0 spiro atoms. The van der Waals surface area contributed by atoms with Crippen LogP contribution in [-0.4, -0.2) is 45.8 Å². The highest BCUT2D eigenvalue weighted by Gasteiger charge is 2.04. The number of hydrogen-bond donors (Lipinski definition) is 7. The van der Waals surface area contributed by atoms with Crippen LogP contribution in [0.4, 0.5) is 0 Å². The molecule has 0 radical (unpaired) electrons. The van der Waals surface area contributed by atoms with Gasteiger partial charge in [0.2, 0.25) is 0 Å². The summed E-state index contributed by atoms with van der Waals surface area (Å²) in [5.74, 6) is 5.51. The fourth-order valence-electron chi connectivity index (χ4n) is 3.15. The standard InChI is InChI=1S/3C8H20N2.C8H19N/c3*1-7(5-9)3-4-8(2)6-10;1-7(2)4-5-8(3)6-9/h3*7-8H,3-6,9-10H2,1-2H3;7-8H,4-6,9H2,1-3H3. The SMILES string of the molecule is CC(C)CCC(C)CN.CC(CN)CCC(C)CN.CC(CN)CCC(C)CN.CC(CN)CCC(C)CN. The van der Waals surface area contributed by atoms with Gasteiger partial charge in [-0.05, 0) is 138 Å². The van der Waals surface area contributed by atoms with Crippen LogP contribution in [0.5, 0.6) is 0 Å². The molecule has 0 aromatic carbocycles. The van der Waals surface area contributed by atoms with Crippen LogP contribution in [0.25, 0.3) is 0 Å². The van der Waals surface area contributed by atoms with Gasteiger partial charge < -0.3 is 40.1 Å². The summed E-state index contributed by atoms with van der Waals surface area (Å²) >= 11 is 0. The van der Waals surface area contributed by atoms with Crippen LogP contribution >= 0.6 is 0 Å². The lowest BCUT2D eigenvalue weighted by molar-refractivity contribution is 0.441. The van der Waals surface area contributed by atoms with Crippen molar-refractivity contribution in [2.45, 2.75) is 114 Å². The molecule has 0 fully saturated rings. The first-order chi connectivity index (χ1) is 18.3. The molecule has 0 aliphatic carbocycles. The van der Waals surface area contributed by atoms with Gasteiger partial charge in [-0.15, -0.1) is 0 Å². The van der Waals surface area contributed by atoms with E-state index in [-0.39, 0.29) is 0 Å². The van der Waals surface area contributed by atoms with Crippen LogP contribution in [-0.2, 0) is 0 Å². The van der Waals surface area contributed by atoms with Gasteiger partial charge in [0.15, 0.2) is 0 Å². The summed E-state index contributed by atoms with van der Waals surface area (Å²) in [5.41, 5.74) is 38.3. The van der Waals surface area contributed by atoms with Crippen molar-refractivity contribution in [2.75, 3.05) is 45.8 Å². The van der Waals surface area contributed by atoms with Crippen molar-refractivity contribution in [3.8, 4) is 0 Å². The molecule has 0 bridgehead atoms. The molecular formula is C32H79N7. The summed E-state index contributed by atoms with van der Waals surface area (Å²) in [4.78, 5) is 0. The predicted molar refractivity (Wildman–Crippen MR) is 179 cm³/mol. The summed E-state index contributed by atoms with van der Waals surface area (Å²) in [6.45, 7) is 25.5. The minimum atomic E-state index is 0.661. The molecule has 7 heteroatoms. The molecule has 242 valence electrons. The zero-order valence-electron chi connectivity index (χ0n) is 28.3. The monoisotopic (exact) mass is 562 g/mol. The zero-order valence-corrected chi connectivity index (χ0v) is 28.3. The van der Waals surface area contributed by atoms with Crippen LogP contribution < -0.4 is 40.1 Å². The molecule has 14 N–H and O–H groups in total. The first-order valence-electron chi connectivity index (χ1n) is 16.2. The van der Waals surface area contributed by atoms with Crippen LogP contribution in [0.3, 0.4) is 0 Å².